The molecule has 0 aromatic heterocycles. The molecule has 2 aromatic carbocycles. The molecule has 2 aliphatic rings. The van der Waals surface area contributed by atoms with E-state index in [1.54, 1.807) is 0 Å². The van der Waals surface area contributed by atoms with Gasteiger partial charge in [-0.05, 0) is 72.9 Å². The van der Waals surface area contributed by atoms with Crippen molar-refractivity contribution >= 4 is 35.3 Å². The van der Waals surface area contributed by atoms with Crippen LogP contribution in [0.15, 0.2) is 60.7 Å². The maximum absolute atomic E-state index is 9.55. The molecule has 10 heteroatoms. The van der Waals surface area contributed by atoms with Crippen molar-refractivity contribution in [2.24, 2.45) is 0 Å². The molecule has 0 aliphatic heterocycles. The third-order valence-corrected chi connectivity index (χ3v) is 5.10. The van der Waals surface area contributed by atoms with E-state index in [0.717, 1.165) is 11.4 Å². The SMILES string of the molecule is Nc1cccc2c1CCC2.Nc1cccc2c1CCC2.O=C(O)/C=C/C(=O)O.O=C(O)/C=C/C(=O)O. The molecule has 0 saturated heterocycles. The van der Waals surface area contributed by atoms with Gasteiger partial charge >= 0.3 is 23.9 Å². The normalized spacial score (nSPS) is 12.7. The topological polar surface area (TPSA) is 201 Å². The highest BCUT2D eigenvalue weighted by Gasteiger charge is 2.12. The van der Waals surface area contributed by atoms with Gasteiger partial charge in [-0.15, -0.1) is 0 Å². The molecule has 10 nitrogen and oxygen atoms in total. The minimum Gasteiger partial charge on any atom is -0.478 e. The molecule has 0 bridgehead atoms. The lowest BCUT2D eigenvalue weighted by atomic mass is 10.1. The second-order valence-corrected chi connectivity index (χ2v) is 7.70. The Balaban J connectivity index is 0.000000242. The van der Waals surface area contributed by atoms with Crippen LogP contribution in [-0.2, 0) is 44.9 Å². The maximum atomic E-state index is 9.55. The first-order valence-corrected chi connectivity index (χ1v) is 11.0. The van der Waals surface area contributed by atoms with Crippen LogP contribution in [-0.4, -0.2) is 44.3 Å². The molecule has 36 heavy (non-hydrogen) atoms. The van der Waals surface area contributed by atoms with Crippen molar-refractivity contribution in [2.75, 3.05) is 11.5 Å². The number of fused-ring (bicyclic) bond motifs is 2. The number of carboxylic acid groups (broad SMARTS) is 4. The van der Waals surface area contributed by atoms with Gasteiger partial charge < -0.3 is 31.9 Å². The van der Waals surface area contributed by atoms with Gasteiger partial charge in [0.05, 0.1) is 0 Å². The summed E-state index contributed by atoms with van der Waals surface area (Å²) in [7, 11) is 0. The van der Waals surface area contributed by atoms with Crippen molar-refractivity contribution in [3.05, 3.63) is 83.0 Å². The largest absolute Gasteiger partial charge is 0.478 e. The summed E-state index contributed by atoms with van der Waals surface area (Å²) in [6.07, 6.45) is 9.60. The molecular formula is C26H30N2O8. The van der Waals surface area contributed by atoms with Crippen molar-refractivity contribution in [1.29, 1.82) is 0 Å². The number of nitrogens with two attached hydrogens (primary N) is 2. The molecule has 4 rings (SSSR count). The Hall–Kier alpha value is -4.60. The molecule has 2 aliphatic carbocycles. The molecule has 0 spiro atoms. The van der Waals surface area contributed by atoms with Crippen molar-refractivity contribution in [3.63, 3.8) is 0 Å². The Labute approximate surface area is 208 Å². The molecule has 192 valence electrons. The van der Waals surface area contributed by atoms with Crippen molar-refractivity contribution in [1.82, 2.24) is 0 Å². The lowest BCUT2D eigenvalue weighted by molar-refractivity contribution is -0.134. The van der Waals surface area contributed by atoms with E-state index in [-0.39, 0.29) is 0 Å². The zero-order valence-electron chi connectivity index (χ0n) is 19.6. The number of nitrogen functional groups attached to an aromatic ring is 2. The number of aliphatic carboxylic acids is 4. The van der Waals surface area contributed by atoms with Crippen LogP contribution in [0.1, 0.15) is 35.1 Å². The zero-order valence-corrected chi connectivity index (χ0v) is 19.6. The zero-order chi connectivity index (χ0) is 27.1. The Morgan fingerprint density at radius 2 is 0.861 bits per heavy atom. The summed E-state index contributed by atoms with van der Waals surface area (Å²) in [5, 5.41) is 31.2. The van der Waals surface area contributed by atoms with Crippen molar-refractivity contribution in [3.8, 4) is 0 Å². The average Bonchev–Trinajstić information content (AvgIpc) is 3.49. The highest BCUT2D eigenvalue weighted by atomic mass is 16.4. The monoisotopic (exact) mass is 498 g/mol. The van der Waals surface area contributed by atoms with Crippen molar-refractivity contribution < 1.29 is 39.6 Å². The molecule has 2 aromatic rings. The molecule has 0 saturated carbocycles. The lowest BCUT2D eigenvalue weighted by Gasteiger charge is -2.00. The summed E-state index contributed by atoms with van der Waals surface area (Å²) in [4.78, 5) is 38.2. The predicted molar refractivity (Wildman–Crippen MR) is 135 cm³/mol. The van der Waals surface area contributed by atoms with E-state index < -0.39 is 23.9 Å². The Bertz CT molecular complexity index is 1020. The molecule has 0 atom stereocenters. The van der Waals surface area contributed by atoms with Crippen LogP contribution in [0, 0.1) is 0 Å². The average molecular weight is 499 g/mol. The maximum Gasteiger partial charge on any atom is 0.328 e. The second-order valence-electron chi connectivity index (χ2n) is 7.70. The van der Waals surface area contributed by atoms with Gasteiger partial charge in [0.2, 0.25) is 0 Å². The van der Waals surface area contributed by atoms with Crippen LogP contribution >= 0.6 is 0 Å². The molecule has 0 heterocycles. The molecule has 0 radical (unpaired) electrons. The molecule has 8 N–H and O–H groups in total. The molecule has 0 unspecified atom stereocenters. The van der Waals surface area contributed by atoms with Gasteiger partial charge in [-0.1, -0.05) is 24.3 Å². The minimum absolute atomic E-state index is 0.558. The number of anilines is 2. The lowest BCUT2D eigenvalue weighted by Crippen LogP contribution is -1.91. The summed E-state index contributed by atoms with van der Waals surface area (Å²) in [6.45, 7) is 0. The Kier molecular flexibility index (Phi) is 12.5. The number of benzene rings is 2. The number of aryl methyl sites for hydroxylation is 2. The fraction of sp³-hybridized carbons (Fsp3) is 0.231. The van der Waals surface area contributed by atoms with Gasteiger partial charge in [-0.3, -0.25) is 0 Å². The molecular weight excluding hydrogens is 468 g/mol. The summed E-state index contributed by atoms with van der Waals surface area (Å²) in [5.41, 5.74) is 19.2. The Morgan fingerprint density at radius 3 is 1.11 bits per heavy atom. The van der Waals surface area contributed by atoms with E-state index >= 15 is 0 Å². The number of carboxylic acids is 4. The van der Waals surface area contributed by atoms with Gasteiger partial charge in [-0.2, -0.15) is 0 Å². The van der Waals surface area contributed by atoms with E-state index in [4.69, 9.17) is 31.9 Å². The second kappa shape index (κ2) is 15.3. The third-order valence-electron chi connectivity index (χ3n) is 5.10. The highest BCUT2D eigenvalue weighted by molar-refractivity contribution is 5.90. The highest BCUT2D eigenvalue weighted by Crippen LogP contribution is 2.27. The van der Waals surface area contributed by atoms with E-state index in [1.165, 1.54) is 60.8 Å². The molecule has 0 fully saturated rings. The number of hydrogen-bond acceptors (Lipinski definition) is 6. The van der Waals surface area contributed by atoms with Crippen LogP contribution in [0.4, 0.5) is 11.4 Å². The number of rotatable bonds is 4. The minimum atomic E-state index is -1.26. The quantitative estimate of drug-likeness (QED) is 0.269. The molecule has 0 amide bonds. The summed E-state index contributed by atoms with van der Waals surface area (Å²) in [6, 6.07) is 12.4. The fourth-order valence-corrected chi connectivity index (χ4v) is 3.58. The van der Waals surface area contributed by atoms with Crippen LogP contribution in [0.5, 0.6) is 0 Å². The number of hydrogen-bond donors (Lipinski definition) is 6. The van der Waals surface area contributed by atoms with Gasteiger partial charge in [0, 0.05) is 35.7 Å². The summed E-state index contributed by atoms with van der Waals surface area (Å²) >= 11 is 0. The predicted octanol–water partition coefficient (Wildman–Crippen LogP) is 2.94. The smallest absolute Gasteiger partial charge is 0.328 e. The van der Waals surface area contributed by atoms with E-state index in [2.05, 4.69) is 12.1 Å². The first kappa shape index (κ1) is 29.4. The van der Waals surface area contributed by atoms with Crippen LogP contribution in [0.3, 0.4) is 0 Å². The van der Waals surface area contributed by atoms with Crippen LogP contribution in [0.2, 0.25) is 0 Å². The first-order chi connectivity index (χ1) is 17.0. The fourth-order valence-electron chi connectivity index (χ4n) is 3.58. The first-order valence-electron chi connectivity index (χ1n) is 11.0. The summed E-state index contributed by atoms with van der Waals surface area (Å²) in [5.74, 6) is -5.03. The van der Waals surface area contributed by atoms with E-state index in [1.807, 2.05) is 24.3 Å². The Morgan fingerprint density at radius 1 is 0.556 bits per heavy atom. The third kappa shape index (κ3) is 11.5. The van der Waals surface area contributed by atoms with E-state index in [9.17, 15) is 19.2 Å². The van der Waals surface area contributed by atoms with E-state index in [0.29, 0.717) is 24.3 Å². The van der Waals surface area contributed by atoms with Gasteiger partial charge in [-0.25, -0.2) is 19.2 Å². The van der Waals surface area contributed by atoms with Crippen LogP contribution in [0.25, 0.3) is 0 Å². The van der Waals surface area contributed by atoms with Gasteiger partial charge in [0.25, 0.3) is 0 Å². The van der Waals surface area contributed by atoms with Gasteiger partial charge in [0.1, 0.15) is 0 Å². The standard InChI is InChI=1S/2C9H11N.2C4H4O4/c2*10-9-6-2-4-7-3-1-5-8(7)9;2*5-3(6)1-2-4(7)8/h2*2,4,6H,1,3,5,10H2;2*1-2H,(H,5,6)(H,7,8)/b;;2*2-1+. The summed E-state index contributed by atoms with van der Waals surface area (Å²) < 4.78 is 0. The van der Waals surface area contributed by atoms with Crippen molar-refractivity contribution in [2.45, 2.75) is 38.5 Å². The van der Waals surface area contributed by atoms with Gasteiger partial charge in [0.15, 0.2) is 0 Å². The van der Waals surface area contributed by atoms with Crippen LogP contribution < -0.4 is 11.5 Å². The number of carbonyl (C=O) groups is 4.